The van der Waals surface area contributed by atoms with Gasteiger partial charge in [0.2, 0.25) is 0 Å². The number of rotatable bonds is 8. The van der Waals surface area contributed by atoms with Gasteiger partial charge in [-0.15, -0.1) is 0 Å². The van der Waals surface area contributed by atoms with Crippen molar-refractivity contribution in [2.24, 2.45) is 5.92 Å². The lowest BCUT2D eigenvalue weighted by Crippen LogP contribution is -2.52. The first-order valence-electron chi connectivity index (χ1n) is 8.22. The van der Waals surface area contributed by atoms with Crippen molar-refractivity contribution in [1.29, 1.82) is 0 Å². The summed E-state index contributed by atoms with van der Waals surface area (Å²) in [4.78, 5) is 2.52. The fraction of sp³-hybridized carbons (Fsp3) is 1.00. The van der Waals surface area contributed by atoms with Gasteiger partial charge < -0.3 is 15.3 Å². The number of nitrogens with one attached hydrogen (secondary N) is 1. The van der Waals surface area contributed by atoms with Crippen molar-refractivity contribution in [3.8, 4) is 0 Å². The van der Waals surface area contributed by atoms with Crippen molar-refractivity contribution in [1.82, 2.24) is 10.2 Å². The van der Waals surface area contributed by atoms with Crippen LogP contribution in [0.25, 0.3) is 0 Å². The number of likely N-dealkylation sites (tertiary alicyclic amines) is 1. The van der Waals surface area contributed by atoms with Crippen molar-refractivity contribution in [3.63, 3.8) is 0 Å². The zero-order valence-corrected chi connectivity index (χ0v) is 13.4. The molecule has 3 nitrogen and oxygen atoms in total. The molecular formula is C16H34N2O. The molecule has 0 saturated carbocycles. The van der Waals surface area contributed by atoms with Gasteiger partial charge in [-0.25, -0.2) is 0 Å². The Balaban J connectivity index is 2.41. The molecule has 0 aliphatic carbocycles. The molecule has 0 amide bonds. The Bertz CT molecular complexity index is 239. The van der Waals surface area contributed by atoms with Crippen LogP contribution in [0.5, 0.6) is 0 Å². The van der Waals surface area contributed by atoms with Gasteiger partial charge >= 0.3 is 0 Å². The van der Waals surface area contributed by atoms with Crippen LogP contribution in [-0.4, -0.2) is 47.8 Å². The topological polar surface area (TPSA) is 35.5 Å². The third-order valence-corrected chi connectivity index (χ3v) is 4.56. The predicted molar refractivity (Wildman–Crippen MR) is 82.5 cm³/mol. The minimum atomic E-state index is -0.495. The Morgan fingerprint density at radius 2 is 1.84 bits per heavy atom. The molecule has 0 aromatic rings. The summed E-state index contributed by atoms with van der Waals surface area (Å²) in [7, 11) is 0. The van der Waals surface area contributed by atoms with Gasteiger partial charge in [0.15, 0.2) is 0 Å². The van der Waals surface area contributed by atoms with Crippen LogP contribution in [0.1, 0.15) is 59.8 Å². The third kappa shape index (κ3) is 5.41. The molecular weight excluding hydrogens is 236 g/mol. The lowest BCUT2D eigenvalue weighted by atomic mass is 9.89. The van der Waals surface area contributed by atoms with Crippen LogP contribution in [-0.2, 0) is 0 Å². The monoisotopic (exact) mass is 270 g/mol. The van der Waals surface area contributed by atoms with Gasteiger partial charge in [-0.1, -0.05) is 40.5 Å². The first-order chi connectivity index (χ1) is 9.04. The summed E-state index contributed by atoms with van der Waals surface area (Å²) in [6.07, 6.45) is 5.15. The number of piperidine rings is 1. The first kappa shape index (κ1) is 16.9. The average molecular weight is 270 g/mol. The van der Waals surface area contributed by atoms with Crippen molar-refractivity contribution in [2.45, 2.75) is 71.4 Å². The van der Waals surface area contributed by atoms with E-state index < -0.39 is 5.60 Å². The molecule has 1 heterocycles. The largest absolute Gasteiger partial charge is 0.389 e. The van der Waals surface area contributed by atoms with Crippen LogP contribution >= 0.6 is 0 Å². The van der Waals surface area contributed by atoms with E-state index in [0.29, 0.717) is 12.0 Å². The van der Waals surface area contributed by atoms with E-state index in [0.717, 1.165) is 38.8 Å². The Morgan fingerprint density at radius 1 is 1.21 bits per heavy atom. The summed E-state index contributed by atoms with van der Waals surface area (Å²) in [5.74, 6) is 0.682. The predicted octanol–water partition coefficient (Wildman–Crippen LogP) is 2.64. The summed E-state index contributed by atoms with van der Waals surface area (Å²) in [6.45, 7) is 13.2. The van der Waals surface area contributed by atoms with Gasteiger partial charge in [-0.05, 0) is 38.3 Å². The molecule has 2 unspecified atom stereocenters. The fourth-order valence-electron chi connectivity index (χ4n) is 3.38. The van der Waals surface area contributed by atoms with E-state index in [9.17, 15) is 5.11 Å². The lowest BCUT2D eigenvalue weighted by molar-refractivity contribution is 0.0139. The maximum Gasteiger partial charge on any atom is 0.0771 e. The van der Waals surface area contributed by atoms with Crippen LogP contribution in [0.3, 0.4) is 0 Å². The number of hydrogen-bond donors (Lipinski definition) is 2. The molecule has 0 aromatic carbocycles. The van der Waals surface area contributed by atoms with E-state index in [4.69, 9.17) is 0 Å². The molecule has 1 rings (SSSR count). The number of aliphatic hydroxyl groups is 1. The second kappa shape index (κ2) is 8.23. The average Bonchev–Trinajstić information content (AvgIpc) is 2.38. The molecule has 1 aliphatic heterocycles. The van der Waals surface area contributed by atoms with Gasteiger partial charge in [0, 0.05) is 19.1 Å². The highest BCUT2D eigenvalue weighted by Gasteiger charge is 2.29. The van der Waals surface area contributed by atoms with Gasteiger partial charge in [0.1, 0.15) is 0 Å². The van der Waals surface area contributed by atoms with Gasteiger partial charge in [0.25, 0.3) is 0 Å². The molecule has 3 heteroatoms. The summed E-state index contributed by atoms with van der Waals surface area (Å²) < 4.78 is 0. The van der Waals surface area contributed by atoms with Crippen LogP contribution in [0, 0.1) is 5.92 Å². The van der Waals surface area contributed by atoms with E-state index in [1.807, 2.05) is 0 Å². The summed E-state index contributed by atoms with van der Waals surface area (Å²) in [6, 6.07) is 0.572. The standard InChI is InChI=1S/C16H34N2O/c1-5-9-16(19,10-6-2)13-17-15-8-11-18(7-3)12-14(15)4/h14-15,17,19H,5-13H2,1-4H3. The van der Waals surface area contributed by atoms with Crippen LogP contribution in [0.15, 0.2) is 0 Å². The molecule has 1 aliphatic rings. The fourth-order valence-corrected chi connectivity index (χ4v) is 3.38. The molecule has 1 saturated heterocycles. The molecule has 0 spiro atoms. The maximum atomic E-state index is 10.7. The molecule has 2 N–H and O–H groups in total. The van der Waals surface area contributed by atoms with E-state index in [-0.39, 0.29) is 0 Å². The minimum absolute atomic E-state index is 0.495. The minimum Gasteiger partial charge on any atom is -0.389 e. The smallest absolute Gasteiger partial charge is 0.0771 e. The second-order valence-corrected chi connectivity index (χ2v) is 6.37. The molecule has 2 atom stereocenters. The van der Waals surface area contributed by atoms with Gasteiger partial charge in [0.05, 0.1) is 5.60 Å². The SMILES string of the molecule is CCCC(O)(CCC)CNC1CCN(CC)CC1C. The molecule has 0 bridgehead atoms. The maximum absolute atomic E-state index is 10.7. The van der Waals surface area contributed by atoms with Gasteiger partial charge in [-0.2, -0.15) is 0 Å². The Hall–Kier alpha value is -0.120. The lowest BCUT2D eigenvalue weighted by Gasteiger charge is -2.39. The molecule has 0 radical (unpaired) electrons. The second-order valence-electron chi connectivity index (χ2n) is 6.37. The summed E-state index contributed by atoms with van der Waals surface area (Å²) in [5, 5.41) is 14.3. The van der Waals surface area contributed by atoms with Crippen molar-refractivity contribution in [3.05, 3.63) is 0 Å². The molecule has 0 aromatic heterocycles. The number of nitrogens with zero attached hydrogens (tertiary/aromatic N) is 1. The van der Waals surface area contributed by atoms with Crippen molar-refractivity contribution >= 4 is 0 Å². The Labute approximate surface area is 119 Å². The zero-order chi connectivity index (χ0) is 14.3. The van der Waals surface area contributed by atoms with Crippen LogP contribution < -0.4 is 5.32 Å². The molecule has 1 fully saturated rings. The van der Waals surface area contributed by atoms with Crippen LogP contribution in [0.2, 0.25) is 0 Å². The van der Waals surface area contributed by atoms with Crippen molar-refractivity contribution < 1.29 is 5.11 Å². The highest BCUT2D eigenvalue weighted by Crippen LogP contribution is 2.21. The molecule has 114 valence electrons. The van der Waals surface area contributed by atoms with Crippen LogP contribution in [0.4, 0.5) is 0 Å². The zero-order valence-electron chi connectivity index (χ0n) is 13.4. The van der Waals surface area contributed by atoms with E-state index in [1.165, 1.54) is 19.5 Å². The van der Waals surface area contributed by atoms with E-state index >= 15 is 0 Å². The normalized spacial score (nSPS) is 25.7. The highest BCUT2D eigenvalue weighted by molar-refractivity contribution is 4.87. The van der Waals surface area contributed by atoms with E-state index in [2.05, 4.69) is 37.9 Å². The first-order valence-corrected chi connectivity index (χ1v) is 8.22. The van der Waals surface area contributed by atoms with E-state index in [1.54, 1.807) is 0 Å². The summed E-state index contributed by atoms with van der Waals surface area (Å²) in [5.41, 5.74) is -0.495. The Kier molecular flexibility index (Phi) is 7.33. The number of hydrogen-bond acceptors (Lipinski definition) is 3. The van der Waals surface area contributed by atoms with Gasteiger partial charge in [-0.3, -0.25) is 0 Å². The Morgan fingerprint density at radius 3 is 2.32 bits per heavy atom. The summed E-state index contributed by atoms with van der Waals surface area (Å²) >= 11 is 0. The third-order valence-electron chi connectivity index (χ3n) is 4.56. The molecule has 19 heavy (non-hydrogen) atoms. The quantitative estimate of drug-likeness (QED) is 0.712. The highest BCUT2D eigenvalue weighted by atomic mass is 16.3. The van der Waals surface area contributed by atoms with Crippen molar-refractivity contribution in [2.75, 3.05) is 26.2 Å².